The number of phenols is 1. The summed E-state index contributed by atoms with van der Waals surface area (Å²) in [5.74, 6) is 1.11. The third-order valence-corrected chi connectivity index (χ3v) is 5.69. The van der Waals surface area contributed by atoms with Crippen molar-refractivity contribution in [2.45, 2.75) is 13.3 Å². The zero-order chi connectivity index (χ0) is 20.9. The van der Waals surface area contributed by atoms with E-state index in [-0.39, 0.29) is 12.5 Å². The smallest absolute Gasteiger partial charge is 0.248 e. The number of aromatic hydroxyl groups is 1. The number of piperazine rings is 1. The molecule has 1 fully saturated rings. The fourth-order valence-electron chi connectivity index (χ4n) is 4.14. The first-order chi connectivity index (χ1) is 14.7. The van der Waals surface area contributed by atoms with Gasteiger partial charge in [0.2, 0.25) is 5.91 Å². The van der Waals surface area contributed by atoms with Gasteiger partial charge in [-0.25, -0.2) is 4.99 Å². The molecule has 4 rings (SSSR count). The third kappa shape index (κ3) is 4.20. The minimum Gasteiger partial charge on any atom is -0.506 e. The van der Waals surface area contributed by atoms with Crippen LogP contribution < -0.4 is 15.1 Å². The first-order valence-corrected chi connectivity index (χ1v) is 10.6. The molecule has 0 aliphatic carbocycles. The van der Waals surface area contributed by atoms with E-state index >= 15 is 0 Å². The highest BCUT2D eigenvalue weighted by molar-refractivity contribution is 5.98. The van der Waals surface area contributed by atoms with Crippen molar-refractivity contribution >= 4 is 23.2 Å². The lowest BCUT2D eigenvalue weighted by molar-refractivity contribution is -0.117. The monoisotopic (exact) mass is 407 g/mol. The summed E-state index contributed by atoms with van der Waals surface area (Å²) in [6, 6.07) is 15.5. The number of nitrogens with zero attached hydrogens (tertiary/aromatic N) is 4. The maximum absolute atomic E-state index is 12.8. The summed E-state index contributed by atoms with van der Waals surface area (Å²) in [6.45, 7) is 6.78. The molecular formula is C23H29N5O2. The van der Waals surface area contributed by atoms with Gasteiger partial charge in [-0.05, 0) is 37.1 Å². The third-order valence-electron chi connectivity index (χ3n) is 5.69. The van der Waals surface area contributed by atoms with Crippen LogP contribution in [0.3, 0.4) is 0 Å². The Morgan fingerprint density at radius 3 is 2.43 bits per heavy atom. The summed E-state index contributed by atoms with van der Waals surface area (Å²) in [6.07, 6.45) is 0.903. The molecule has 2 aliphatic heterocycles. The Labute approximate surface area is 177 Å². The molecule has 0 bridgehead atoms. The second kappa shape index (κ2) is 9.07. The van der Waals surface area contributed by atoms with Gasteiger partial charge in [0.15, 0.2) is 5.96 Å². The average molecular weight is 408 g/mol. The van der Waals surface area contributed by atoms with Gasteiger partial charge in [-0.1, -0.05) is 30.3 Å². The largest absolute Gasteiger partial charge is 0.506 e. The lowest BCUT2D eigenvalue weighted by Gasteiger charge is -2.37. The Hall–Kier alpha value is -3.22. The molecule has 0 atom stereocenters. The number of rotatable bonds is 4. The number of hydrogen-bond donors (Lipinski definition) is 2. The summed E-state index contributed by atoms with van der Waals surface area (Å²) in [5, 5.41) is 13.4. The maximum Gasteiger partial charge on any atom is 0.248 e. The molecule has 0 radical (unpaired) electrons. The number of benzene rings is 2. The number of para-hydroxylation sites is 3. The average Bonchev–Trinajstić information content (AvgIpc) is 3.21. The molecule has 7 nitrogen and oxygen atoms in total. The number of phenolic OH excluding ortho intramolecular Hbond substituents is 1. The van der Waals surface area contributed by atoms with Gasteiger partial charge < -0.3 is 25.1 Å². The van der Waals surface area contributed by atoms with Gasteiger partial charge in [-0.2, -0.15) is 0 Å². The molecule has 2 N–H and O–H groups in total. The summed E-state index contributed by atoms with van der Waals surface area (Å²) in [4.78, 5) is 23.7. The number of nitrogens with one attached hydrogen (secondary N) is 1. The van der Waals surface area contributed by atoms with Crippen molar-refractivity contribution in [2.24, 2.45) is 4.99 Å². The van der Waals surface area contributed by atoms with Crippen LogP contribution in [0.5, 0.6) is 5.75 Å². The first kappa shape index (κ1) is 20.1. The number of carbonyl (C=O) groups is 1. The van der Waals surface area contributed by atoms with Crippen LogP contribution >= 0.6 is 0 Å². The number of guanidine groups is 1. The van der Waals surface area contributed by atoms with E-state index in [4.69, 9.17) is 0 Å². The lowest BCUT2D eigenvalue weighted by Crippen LogP contribution is -2.52. The molecule has 2 aliphatic rings. The van der Waals surface area contributed by atoms with E-state index in [9.17, 15) is 9.90 Å². The van der Waals surface area contributed by atoms with Crippen LogP contribution in [0, 0.1) is 0 Å². The highest BCUT2D eigenvalue weighted by atomic mass is 16.3. The van der Waals surface area contributed by atoms with E-state index < -0.39 is 0 Å². The van der Waals surface area contributed by atoms with Gasteiger partial charge in [0, 0.05) is 45.0 Å². The summed E-state index contributed by atoms with van der Waals surface area (Å²) < 4.78 is 0. The van der Waals surface area contributed by atoms with Crippen LogP contribution in [0.2, 0.25) is 0 Å². The fourth-order valence-corrected chi connectivity index (χ4v) is 4.14. The van der Waals surface area contributed by atoms with E-state index in [1.165, 1.54) is 5.56 Å². The molecule has 1 amide bonds. The van der Waals surface area contributed by atoms with Crippen molar-refractivity contribution in [3.05, 3.63) is 54.1 Å². The van der Waals surface area contributed by atoms with Gasteiger partial charge in [0.25, 0.3) is 0 Å². The van der Waals surface area contributed by atoms with Crippen molar-refractivity contribution in [3.63, 3.8) is 0 Å². The quantitative estimate of drug-likeness (QED) is 0.600. The van der Waals surface area contributed by atoms with Gasteiger partial charge in [0.1, 0.15) is 12.3 Å². The highest BCUT2D eigenvalue weighted by Crippen LogP contribution is 2.28. The molecule has 2 aromatic rings. The zero-order valence-corrected chi connectivity index (χ0v) is 17.4. The van der Waals surface area contributed by atoms with Crippen LogP contribution in [0.15, 0.2) is 53.5 Å². The number of aliphatic imine (C=N–C) groups is 1. The molecule has 30 heavy (non-hydrogen) atoms. The fraction of sp³-hybridized carbons (Fsp3) is 0.391. The maximum atomic E-state index is 12.8. The Balaban J connectivity index is 1.39. The Morgan fingerprint density at radius 1 is 1.00 bits per heavy atom. The van der Waals surface area contributed by atoms with E-state index in [1.54, 1.807) is 6.07 Å². The van der Waals surface area contributed by atoms with Crippen molar-refractivity contribution in [1.29, 1.82) is 0 Å². The Kier molecular flexibility index (Phi) is 6.07. The van der Waals surface area contributed by atoms with E-state index in [0.717, 1.165) is 63.0 Å². The van der Waals surface area contributed by atoms with Crippen molar-refractivity contribution in [1.82, 2.24) is 10.2 Å². The van der Waals surface area contributed by atoms with E-state index in [2.05, 4.69) is 26.2 Å². The summed E-state index contributed by atoms with van der Waals surface area (Å²) in [5.41, 5.74) is 3.10. The second-order valence-electron chi connectivity index (χ2n) is 7.56. The normalized spacial score (nSPS) is 16.6. The van der Waals surface area contributed by atoms with Gasteiger partial charge in [0.05, 0.1) is 5.69 Å². The summed E-state index contributed by atoms with van der Waals surface area (Å²) in [7, 11) is 0. The van der Waals surface area contributed by atoms with Crippen LogP contribution in [0.25, 0.3) is 0 Å². The highest BCUT2D eigenvalue weighted by Gasteiger charge is 2.25. The predicted molar refractivity (Wildman–Crippen MR) is 120 cm³/mol. The minimum absolute atomic E-state index is 0.0307. The Morgan fingerprint density at radius 2 is 1.70 bits per heavy atom. The van der Waals surface area contributed by atoms with Crippen LogP contribution in [-0.4, -0.2) is 67.7 Å². The number of anilines is 2. The topological polar surface area (TPSA) is 71.4 Å². The van der Waals surface area contributed by atoms with Crippen molar-refractivity contribution in [3.8, 4) is 5.75 Å². The standard InChI is InChI=1S/C23H29N5O2/c1-2-24-23(25-17-22(30)28-12-11-18-7-3-4-8-19(18)28)27-15-13-26(14-16-27)20-9-5-6-10-21(20)29/h3-10,29H,2,11-17H2,1H3,(H,24,25). The van der Waals surface area contributed by atoms with Crippen molar-refractivity contribution < 1.29 is 9.90 Å². The summed E-state index contributed by atoms with van der Waals surface area (Å²) >= 11 is 0. The minimum atomic E-state index is 0.0307. The van der Waals surface area contributed by atoms with E-state index in [0.29, 0.717) is 5.75 Å². The molecule has 0 spiro atoms. The van der Waals surface area contributed by atoms with Gasteiger partial charge in [-0.3, -0.25) is 4.79 Å². The molecule has 0 saturated carbocycles. The number of amides is 1. The molecule has 2 aromatic carbocycles. The van der Waals surface area contributed by atoms with Crippen LogP contribution in [0.4, 0.5) is 11.4 Å². The number of hydrogen-bond acceptors (Lipinski definition) is 4. The molecular weight excluding hydrogens is 378 g/mol. The number of fused-ring (bicyclic) bond motifs is 1. The van der Waals surface area contributed by atoms with E-state index in [1.807, 2.05) is 48.2 Å². The van der Waals surface area contributed by atoms with Gasteiger partial charge >= 0.3 is 0 Å². The van der Waals surface area contributed by atoms with Gasteiger partial charge in [-0.15, -0.1) is 0 Å². The number of carbonyl (C=O) groups excluding carboxylic acids is 1. The lowest BCUT2D eigenvalue weighted by atomic mass is 10.2. The first-order valence-electron chi connectivity index (χ1n) is 10.6. The zero-order valence-electron chi connectivity index (χ0n) is 17.4. The molecule has 158 valence electrons. The predicted octanol–water partition coefficient (Wildman–Crippen LogP) is 2.07. The Bertz CT molecular complexity index is 921. The molecule has 0 unspecified atom stereocenters. The SMILES string of the molecule is CCNC(=NCC(=O)N1CCc2ccccc21)N1CCN(c2ccccc2O)CC1. The molecule has 7 heteroatoms. The van der Waals surface area contributed by atoms with Crippen molar-refractivity contribution in [2.75, 3.05) is 55.6 Å². The molecule has 2 heterocycles. The van der Waals surface area contributed by atoms with Crippen LogP contribution in [0.1, 0.15) is 12.5 Å². The molecule has 1 saturated heterocycles. The second-order valence-corrected chi connectivity index (χ2v) is 7.56. The van der Waals surface area contributed by atoms with Crippen LogP contribution in [-0.2, 0) is 11.2 Å². The molecule has 0 aromatic heterocycles.